The Hall–Kier alpha value is -2.98. The van der Waals surface area contributed by atoms with Gasteiger partial charge in [-0.15, -0.1) is 5.10 Å². The van der Waals surface area contributed by atoms with Gasteiger partial charge < -0.3 is 10.1 Å². The van der Waals surface area contributed by atoms with Crippen LogP contribution in [-0.4, -0.2) is 35.4 Å². The summed E-state index contributed by atoms with van der Waals surface area (Å²) in [5.74, 6) is -0.459. The van der Waals surface area contributed by atoms with Crippen molar-refractivity contribution in [3.05, 3.63) is 62.0 Å². The van der Waals surface area contributed by atoms with Crippen LogP contribution in [0.5, 0.6) is 0 Å². The molecule has 1 amide bonds. The lowest BCUT2D eigenvalue weighted by Gasteiger charge is -2.06. The molecule has 0 aliphatic rings. The average Bonchev–Trinajstić information content (AvgIpc) is 3.23. The number of hydrogen-bond acceptors (Lipinski definition) is 6. The van der Waals surface area contributed by atoms with Crippen molar-refractivity contribution in [2.24, 2.45) is 0 Å². The van der Waals surface area contributed by atoms with Crippen LogP contribution in [-0.2, 0) is 17.9 Å². The van der Waals surface area contributed by atoms with Crippen LogP contribution in [0, 0.1) is 17.0 Å². The van der Waals surface area contributed by atoms with Gasteiger partial charge in [-0.1, -0.05) is 29.3 Å². The highest BCUT2D eigenvalue weighted by atomic mass is 35.5. The van der Waals surface area contributed by atoms with E-state index in [9.17, 15) is 14.9 Å². The molecule has 146 valence electrons. The topological polar surface area (TPSA) is 121 Å². The van der Waals surface area contributed by atoms with Gasteiger partial charge in [-0.05, 0) is 24.0 Å². The zero-order chi connectivity index (χ0) is 20.3. The molecule has 0 atom stereocenters. The summed E-state index contributed by atoms with van der Waals surface area (Å²) in [5, 5.41) is 22.3. The summed E-state index contributed by atoms with van der Waals surface area (Å²) in [6.45, 7) is 2.18. The van der Waals surface area contributed by atoms with E-state index in [0.29, 0.717) is 27.8 Å². The molecule has 0 aliphatic heterocycles. The first-order valence-corrected chi connectivity index (χ1v) is 8.90. The van der Waals surface area contributed by atoms with Gasteiger partial charge in [-0.25, -0.2) is 9.67 Å². The number of anilines is 1. The van der Waals surface area contributed by atoms with Gasteiger partial charge in [0.2, 0.25) is 11.9 Å². The fourth-order valence-electron chi connectivity index (χ4n) is 2.48. The van der Waals surface area contributed by atoms with Gasteiger partial charge in [0.1, 0.15) is 6.33 Å². The molecule has 0 bridgehead atoms. The fourth-order valence-corrected chi connectivity index (χ4v) is 2.99. The smallest absolute Gasteiger partial charge is 0.358 e. The quantitative estimate of drug-likeness (QED) is 0.460. The number of halogens is 2. The molecule has 0 fully saturated rings. The average molecular weight is 424 g/mol. The summed E-state index contributed by atoms with van der Waals surface area (Å²) in [4.78, 5) is 26.3. The van der Waals surface area contributed by atoms with Crippen LogP contribution in [0.3, 0.4) is 0 Å². The van der Waals surface area contributed by atoms with Crippen molar-refractivity contribution in [3.8, 4) is 0 Å². The first-order valence-electron chi connectivity index (χ1n) is 8.14. The highest BCUT2D eigenvalue weighted by Gasteiger charge is 2.16. The Labute approximate surface area is 169 Å². The van der Waals surface area contributed by atoms with Crippen LogP contribution in [0.4, 0.5) is 11.8 Å². The largest absolute Gasteiger partial charge is 0.390 e. The van der Waals surface area contributed by atoms with Crippen LogP contribution >= 0.6 is 23.2 Å². The summed E-state index contributed by atoms with van der Waals surface area (Å²) in [7, 11) is 0. The van der Waals surface area contributed by atoms with Crippen LogP contribution in [0.15, 0.2) is 30.6 Å². The summed E-state index contributed by atoms with van der Waals surface area (Å²) in [5.41, 5.74) is 1.29. The molecule has 28 heavy (non-hydrogen) atoms. The monoisotopic (exact) mass is 423 g/mol. The van der Waals surface area contributed by atoms with Crippen molar-refractivity contribution in [1.29, 1.82) is 0 Å². The number of nitrogens with one attached hydrogen (secondary N) is 1. The second kappa shape index (κ2) is 8.36. The summed E-state index contributed by atoms with van der Waals surface area (Å²) in [6.07, 6.45) is 1.51. The number of carbonyl (C=O) groups is 1. The minimum atomic E-state index is -0.578. The van der Waals surface area contributed by atoms with Gasteiger partial charge in [0.25, 0.3) is 0 Å². The second-order valence-electron chi connectivity index (χ2n) is 5.89. The lowest BCUT2D eigenvalue weighted by Crippen LogP contribution is -2.16. The van der Waals surface area contributed by atoms with Gasteiger partial charge in [0, 0.05) is 22.0 Å². The molecule has 0 saturated carbocycles. The number of rotatable bonds is 7. The summed E-state index contributed by atoms with van der Waals surface area (Å²) in [6, 6.07) is 6.55. The second-order valence-corrected chi connectivity index (χ2v) is 6.70. The molecule has 1 N–H and O–H groups in total. The van der Waals surface area contributed by atoms with Crippen molar-refractivity contribution in [3.63, 3.8) is 0 Å². The molecule has 0 aliphatic carbocycles. The molecule has 0 unspecified atom stereocenters. The maximum Gasteiger partial charge on any atom is 0.390 e. The predicted molar refractivity (Wildman–Crippen MR) is 102 cm³/mol. The first kappa shape index (κ1) is 19.8. The van der Waals surface area contributed by atoms with E-state index in [4.69, 9.17) is 23.2 Å². The summed E-state index contributed by atoms with van der Waals surface area (Å²) >= 11 is 12.3. The van der Waals surface area contributed by atoms with Gasteiger partial charge in [-0.2, -0.15) is 4.68 Å². The van der Waals surface area contributed by atoms with Gasteiger partial charge >= 0.3 is 5.82 Å². The van der Waals surface area contributed by atoms with Gasteiger partial charge in [0.05, 0.1) is 29.9 Å². The van der Waals surface area contributed by atoms with E-state index in [-0.39, 0.29) is 30.6 Å². The number of carbonyl (C=O) groups excluding carboxylic acids is 1. The third-order valence-electron chi connectivity index (χ3n) is 3.88. The summed E-state index contributed by atoms with van der Waals surface area (Å²) < 4.78 is 2.91. The number of nitro groups is 1. The Morgan fingerprint density at radius 3 is 2.64 bits per heavy atom. The van der Waals surface area contributed by atoms with E-state index in [1.807, 2.05) is 0 Å². The SMILES string of the molecule is Cc1cc([N+](=O)[O-])nn1CCC(=O)Nc1ncn(Cc2c(Cl)cccc2Cl)n1. The van der Waals surface area contributed by atoms with E-state index in [1.54, 1.807) is 25.1 Å². The molecule has 12 heteroatoms. The zero-order valence-corrected chi connectivity index (χ0v) is 16.2. The first-order chi connectivity index (χ1) is 13.3. The Morgan fingerprint density at radius 1 is 1.29 bits per heavy atom. The predicted octanol–water partition coefficient (Wildman–Crippen LogP) is 3.08. The van der Waals surface area contributed by atoms with E-state index in [1.165, 1.54) is 21.8 Å². The minimum Gasteiger partial charge on any atom is -0.358 e. The number of nitrogens with zero attached hydrogens (tertiary/aromatic N) is 6. The zero-order valence-electron chi connectivity index (χ0n) is 14.7. The highest BCUT2D eigenvalue weighted by molar-refractivity contribution is 6.35. The molecule has 10 nitrogen and oxygen atoms in total. The molecular formula is C16H15Cl2N7O3. The van der Waals surface area contributed by atoms with Crippen molar-refractivity contribution < 1.29 is 9.72 Å². The fraction of sp³-hybridized carbons (Fsp3) is 0.250. The van der Waals surface area contributed by atoms with Crippen molar-refractivity contribution >= 4 is 40.9 Å². The van der Waals surface area contributed by atoms with Crippen molar-refractivity contribution in [2.75, 3.05) is 5.32 Å². The van der Waals surface area contributed by atoms with Crippen LogP contribution < -0.4 is 5.32 Å². The third-order valence-corrected chi connectivity index (χ3v) is 4.58. The van der Waals surface area contributed by atoms with E-state index < -0.39 is 4.92 Å². The number of hydrogen-bond donors (Lipinski definition) is 1. The minimum absolute atomic E-state index is 0.0601. The maximum atomic E-state index is 12.1. The third kappa shape index (κ3) is 4.65. The Kier molecular flexibility index (Phi) is 5.90. The van der Waals surface area contributed by atoms with E-state index >= 15 is 0 Å². The molecule has 2 heterocycles. The lowest BCUT2D eigenvalue weighted by molar-refractivity contribution is -0.389. The van der Waals surface area contributed by atoms with Gasteiger partial charge in [-0.3, -0.25) is 10.1 Å². The number of aromatic nitrogens is 5. The maximum absolute atomic E-state index is 12.1. The van der Waals surface area contributed by atoms with Crippen LogP contribution in [0.1, 0.15) is 17.7 Å². The Bertz CT molecular complexity index is 1010. The van der Waals surface area contributed by atoms with Crippen molar-refractivity contribution in [2.45, 2.75) is 26.4 Å². The molecular weight excluding hydrogens is 409 g/mol. The number of amides is 1. The lowest BCUT2D eigenvalue weighted by atomic mass is 10.2. The molecule has 0 spiro atoms. The van der Waals surface area contributed by atoms with Gasteiger partial charge in [0.15, 0.2) is 0 Å². The Balaban J connectivity index is 1.57. The van der Waals surface area contributed by atoms with E-state index in [0.717, 1.165) is 0 Å². The standard InChI is InChI=1S/C16H15Cl2N7O3/c1-10-7-14(25(27)28)21-24(10)6-5-15(26)20-16-19-9-23(22-16)8-11-12(17)3-2-4-13(11)18/h2-4,7,9H,5-6,8H2,1H3,(H,20,22,26). The number of benzene rings is 1. The highest BCUT2D eigenvalue weighted by Crippen LogP contribution is 2.24. The van der Waals surface area contributed by atoms with Crippen LogP contribution in [0.25, 0.3) is 0 Å². The van der Waals surface area contributed by atoms with Crippen molar-refractivity contribution in [1.82, 2.24) is 24.5 Å². The molecule has 1 aromatic carbocycles. The Morgan fingerprint density at radius 2 is 2.00 bits per heavy atom. The van der Waals surface area contributed by atoms with Crippen LogP contribution in [0.2, 0.25) is 10.0 Å². The normalized spacial score (nSPS) is 10.8. The molecule has 3 rings (SSSR count). The number of aryl methyl sites for hydroxylation is 2. The molecule has 3 aromatic rings. The molecule has 0 radical (unpaired) electrons. The molecule has 2 aromatic heterocycles. The molecule has 0 saturated heterocycles. The van der Waals surface area contributed by atoms with E-state index in [2.05, 4.69) is 20.5 Å².